The van der Waals surface area contributed by atoms with Gasteiger partial charge in [0.2, 0.25) is 5.91 Å². The van der Waals surface area contributed by atoms with Crippen LogP contribution in [-0.4, -0.2) is 25.8 Å². The third-order valence-electron chi connectivity index (χ3n) is 3.06. The summed E-state index contributed by atoms with van der Waals surface area (Å²) in [5.41, 5.74) is 1.67. The van der Waals surface area contributed by atoms with Gasteiger partial charge in [0.15, 0.2) is 9.84 Å². The van der Waals surface area contributed by atoms with E-state index in [4.69, 9.17) is 0 Å². The van der Waals surface area contributed by atoms with Crippen LogP contribution in [0.2, 0.25) is 0 Å². The summed E-state index contributed by atoms with van der Waals surface area (Å²) < 4.78 is 23.5. The summed E-state index contributed by atoms with van der Waals surface area (Å²) in [4.78, 5) is 12.0. The van der Waals surface area contributed by atoms with E-state index in [2.05, 4.69) is 21.2 Å². The zero-order chi connectivity index (χ0) is 13.3. The molecule has 1 N–H and O–H groups in total. The van der Waals surface area contributed by atoms with Crippen LogP contribution < -0.4 is 5.32 Å². The molecule has 1 aromatic carbocycles. The zero-order valence-corrected chi connectivity index (χ0v) is 12.3. The number of carbonyl (C=O) groups is 1. The minimum Gasteiger partial charge on any atom is -0.326 e. The number of nitrogens with one attached hydrogen (secondary N) is 1. The van der Waals surface area contributed by atoms with E-state index in [9.17, 15) is 13.2 Å². The average molecular weight is 332 g/mol. The molecule has 1 saturated heterocycles. The number of carbonyl (C=O) groups excluding carboxylic acids is 1. The number of rotatable bonds is 2. The van der Waals surface area contributed by atoms with Gasteiger partial charge in [-0.15, -0.1) is 0 Å². The molecule has 18 heavy (non-hydrogen) atoms. The van der Waals surface area contributed by atoms with E-state index >= 15 is 0 Å². The molecular formula is C12H14BrNO3S. The molecule has 2 rings (SSSR count). The molecule has 1 aromatic rings. The molecule has 1 atom stereocenters. The van der Waals surface area contributed by atoms with Gasteiger partial charge < -0.3 is 5.32 Å². The second-order valence-electron chi connectivity index (χ2n) is 4.55. The largest absolute Gasteiger partial charge is 0.326 e. The highest BCUT2D eigenvalue weighted by atomic mass is 79.9. The smallest absolute Gasteiger partial charge is 0.228 e. The van der Waals surface area contributed by atoms with E-state index in [-0.39, 0.29) is 17.4 Å². The van der Waals surface area contributed by atoms with Crippen molar-refractivity contribution in [2.45, 2.75) is 13.3 Å². The molecule has 0 saturated carbocycles. The van der Waals surface area contributed by atoms with Crippen molar-refractivity contribution in [3.8, 4) is 0 Å². The number of halogens is 1. The topological polar surface area (TPSA) is 63.2 Å². The van der Waals surface area contributed by atoms with Gasteiger partial charge in [0.05, 0.1) is 17.4 Å². The van der Waals surface area contributed by atoms with Crippen molar-refractivity contribution in [3.63, 3.8) is 0 Å². The molecule has 1 unspecified atom stereocenters. The normalized spacial score (nSPS) is 21.8. The Labute approximate surface area is 115 Å². The lowest BCUT2D eigenvalue weighted by molar-refractivity contribution is -0.119. The predicted molar refractivity (Wildman–Crippen MR) is 74.3 cm³/mol. The lowest BCUT2D eigenvalue weighted by atomic mass is 10.1. The van der Waals surface area contributed by atoms with Crippen LogP contribution in [0.25, 0.3) is 0 Å². The number of hydrogen-bond donors (Lipinski definition) is 1. The van der Waals surface area contributed by atoms with Gasteiger partial charge in [-0.25, -0.2) is 8.42 Å². The van der Waals surface area contributed by atoms with Crippen molar-refractivity contribution in [1.29, 1.82) is 0 Å². The van der Waals surface area contributed by atoms with Crippen LogP contribution >= 0.6 is 15.9 Å². The van der Waals surface area contributed by atoms with Crippen molar-refractivity contribution in [3.05, 3.63) is 28.2 Å². The van der Waals surface area contributed by atoms with E-state index in [1.807, 2.05) is 25.1 Å². The van der Waals surface area contributed by atoms with Crippen LogP contribution in [0.4, 0.5) is 5.69 Å². The number of amides is 1. The van der Waals surface area contributed by atoms with Crippen LogP contribution in [0.15, 0.2) is 22.7 Å². The monoisotopic (exact) mass is 331 g/mol. The first-order valence-electron chi connectivity index (χ1n) is 5.65. The molecule has 0 radical (unpaired) electrons. The number of benzene rings is 1. The molecule has 1 aliphatic rings. The van der Waals surface area contributed by atoms with E-state index in [0.29, 0.717) is 6.42 Å². The van der Waals surface area contributed by atoms with Crippen LogP contribution in [0.1, 0.15) is 12.0 Å². The Morgan fingerprint density at radius 3 is 2.78 bits per heavy atom. The van der Waals surface area contributed by atoms with Gasteiger partial charge in [0.1, 0.15) is 0 Å². The molecule has 4 nitrogen and oxygen atoms in total. The molecule has 1 heterocycles. The molecule has 0 bridgehead atoms. The minimum absolute atomic E-state index is 0.0358. The van der Waals surface area contributed by atoms with Crippen molar-refractivity contribution >= 4 is 37.4 Å². The maximum absolute atomic E-state index is 12.0. The Bertz CT molecular complexity index is 583. The molecule has 1 amide bonds. The van der Waals surface area contributed by atoms with Crippen molar-refractivity contribution in [2.24, 2.45) is 5.92 Å². The highest BCUT2D eigenvalue weighted by Gasteiger charge is 2.33. The van der Waals surface area contributed by atoms with Crippen LogP contribution in [0.5, 0.6) is 0 Å². The fraction of sp³-hybridized carbons (Fsp3) is 0.417. The summed E-state index contributed by atoms with van der Waals surface area (Å²) >= 11 is 3.34. The van der Waals surface area contributed by atoms with Gasteiger partial charge in [0, 0.05) is 10.2 Å². The third kappa shape index (κ3) is 3.11. The molecule has 0 aliphatic carbocycles. The highest BCUT2D eigenvalue weighted by molar-refractivity contribution is 9.10. The van der Waals surface area contributed by atoms with Gasteiger partial charge in [-0.1, -0.05) is 22.0 Å². The Morgan fingerprint density at radius 1 is 1.44 bits per heavy atom. The highest BCUT2D eigenvalue weighted by Crippen LogP contribution is 2.24. The van der Waals surface area contributed by atoms with E-state index < -0.39 is 15.8 Å². The summed E-state index contributed by atoms with van der Waals surface area (Å²) in [7, 11) is -3.02. The molecule has 6 heteroatoms. The van der Waals surface area contributed by atoms with Gasteiger partial charge in [-0.2, -0.15) is 0 Å². The lowest BCUT2D eigenvalue weighted by Gasteiger charge is -2.12. The maximum Gasteiger partial charge on any atom is 0.228 e. The van der Waals surface area contributed by atoms with Gasteiger partial charge in [0.25, 0.3) is 0 Å². The minimum atomic E-state index is -3.02. The van der Waals surface area contributed by atoms with Gasteiger partial charge in [-0.05, 0) is 31.0 Å². The molecular weight excluding hydrogens is 318 g/mol. The molecule has 1 aliphatic heterocycles. The lowest BCUT2D eigenvalue weighted by Crippen LogP contribution is -2.24. The standard InChI is InChI=1S/C12H14BrNO3S/c1-8-2-3-10(13)6-11(8)14-12(15)9-4-5-18(16,17)7-9/h2-3,6,9H,4-5,7H2,1H3,(H,14,15). The van der Waals surface area contributed by atoms with E-state index in [1.54, 1.807) is 0 Å². The number of anilines is 1. The fourth-order valence-corrected chi connectivity index (χ4v) is 4.07. The zero-order valence-electron chi connectivity index (χ0n) is 9.94. The number of aryl methyl sites for hydroxylation is 1. The maximum atomic E-state index is 12.0. The predicted octanol–water partition coefficient (Wildman–Crippen LogP) is 2.13. The second kappa shape index (κ2) is 5.01. The fourth-order valence-electron chi connectivity index (χ4n) is 1.97. The Kier molecular flexibility index (Phi) is 3.77. The summed E-state index contributed by atoms with van der Waals surface area (Å²) in [6.45, 7) is 1.90. The molecule has 98 valence electrons. The number of sulfone groups is 1. The van der Waals surface area contributed by atoms with Crippen LogP contribution in [0.3, 0.4) is 0 Å². The van der Waals surface area contributed by atoms with Crippen molar-refractivity contribution in [2.75, 3.05) is 16.8 Å². The molecule has 1 fully saturated rings. The molecule has 0 aromatic heterocycles. The van der Waals surface area contributed by atoms with Gasteiger partial charge >= 0.3 is 0 Å². The average Bonchev–Trinajstić information content (AvgIpc) is 2.64. The molecule has 0 spiro atoms. The summed E-state index contributed by atoms with van der Waals surface area (Å²) in [6, 6.07) is 5.60. The van der Waals surface area contributed by atoms with Crippen LogP contribution in [0, 0.1) is 12.8 Å². The SMILES string of the molecule is Cc1ccc(Br)cc1NC(=O)C1CCS(=O)(=O)C1. The first kappa shape index (κ1) is 13.5. The Morgan fingerprint density at radius 2 is 2.17 bits per heavy atom. The second-order valence-corrected chi connectivity index (χ2v) is 7.69. The first-order valence-corrected chi connectivity index (χ1v) is 8.26. The Balaban J connectivity index is 2.10. The summed E-state index contributed by atoms with van der Waals surface area (Å²) in [5.74, 6) is -0.556. The van der Waals surface area contributed by atoms with Crippen LogP contribution in [-0.2, 0) is 14.6 Å². The third-order valence-corrected chi connectivity index (χ3v) is 5.32. The summed E-state index contributed by atoms with van der Waals surface area (Å²) in [6.07, 6.45) is 0.418. The van der Waals surface area contributed by atoms with Crippen molar-refractivity contribution in [1.82, 2.24) is 0 Å². The summed E-state index contributed by atoms with van der Waals surface area (Å²) in [5, 5.41) is 2.80. The number of hydrogen-bond acceptors (Lipinski definition) is 3. The van der Waals surface area contributed by atoms with Crippen molar-refractivity contribution < 1.29 is 13.2 Å². The van der Waals surface area contributed by atoms with E-state index in [1.165, 1.54) is 0 Å². The Hall–Kier alpha value is -0.880. The quantitative estimate of drug-likeness (QED) is 0.902. The van der Waals surface area contributed by atoms with Gasteiger partial charge in [-0.3, -0.25) is 4.79 Å². The van der Waals surface area contributed by atoms with E-state index in [0.717, 1.165) is 15.7 Å². The first-order chi connectivity index (χ1) is 8.37.